The minimum Gasteiger partial charge on any atom is -0.464 e. The first kappa shape index (κ1) is 24.6. The fourth-order valence-electron chi connectivity index (χ4n) is 2.95. The van der Waals surface area contributed by atoms with Crippen LogP contribution in [0.2, 0.25) is 0 Å². The van der Waals surface area contributed by atoms with Crippen molar-refractivity contribution in [1.82, 2.24) is 25.3 Å². The number of esters is 1. The highest BCUT2D eigenvalue weighted by atomic mass is 16.6. The Balaban J connectivity index is 1.88. The van der Waals surface area contributed by atoms with Crippen LogP contribution in [0.1, 0.15) is 50.1 Å². The summed E-state index contributed by atoms with van der Waals surface area (Å²) < 4.78 is 11.5. The lowest BCUT2D eigenvalue weighted by Gasteiger charge is -2.33. The normalized spacial score (nSPS) is 14.3. The lowest BCUT2D eigenvalue weighted by atomic mass is 10.1. The van der Waals surface area contributed by atoms with E-state index in [-0.39, 0.29) is 29.2 Å². The fraction of sp³-hybridized carbons (Fsp3) is 0.476. The third-order valence-corrected chi connectivity index (χ3v) is 4.57. The van der Waals surface area contributed by atoms with Crippen LogP contribution in [-0.2, 0) is 19.1 Å². The van der Waals surface area contributed by atoms with Crippen molar-refractivity contribution in [3.05, 3.63) is 42.5 Å². The number of piperidine rings is 1. The Hall–Kier alpha value is -3.63. The first-order valence-electron chi connectivity index (χ1n) is 10.0. The van der Waals surface area contributed by atoms with Crippen LogP contribution in [0.3, 0.4) is 0 Å². The van der Waals surface area contributed by atoms with Gasteiger partial charge in [-0.2, -0.15) is 5.10 Å². The van der Waals surface area contributed by atoms with Gasteiger partial charge in [-0.05, 0) is 39.7 Å². The molecule has 1 aliphatic rings. The SMILES string of the molecule is C=C(NC(=O)c1ccn(C2CCN(C(=O)OC(C)(C)C)CC2)n1)C(=O)NC(=C)C(=O)OC. The van der Waals surface area contributed by atoms with E-state index in [1.807, 2.05) is 20.8 Å². The quantitative estimate of drug-likeness (QED) is 0.499. The maximum atomic E-state index is 12.4. The van der Waals surface area contributed by atoms with Gasteiger partial charge in [-0.1, -0.05) is 13.2 Å². The van der Waals surface area contributed by atoms with Crippen molar-refractivity contribution in [2.45, 2.75) is 45.3 Å². The molecule has 0 unspecified atom stereocenters. The standard InChI is InChI=1S/C21H29N5O6/c1-13(17(27)23-14(2)19(29)31-6)22-18(28)16-9-12-26(24-16)15-7-10-25(11-8-15)20(30)32-21(3,4)5/h9,12,15H,1-2,7-8,10-11H2,3-6H3,(H,22,28)(H,23,27). The van der Waals surface area contributed by atoms with Crippen molar-refractivity contribution < 1.29 is 28.7 Å². The number of rotatable bonds is 6. The second-order valence-corrected chi connectivity index (χ2v) is 8.24. The Kier molecular flexibility index (Phi) is 7.79. The van der Waals surface area contributed by atoms with Gasteiger partial charge in [0.1, 0.15) is 11.3 Å². The summed E-state index contributed by atoms with van der Waals surface area (Å²) in [5, 5.41) is 8.80. The van der Waals surface area contributed by atoms with E-state index < -0.39 is 23.4 Å². The van der Waals surface area contributed by atoms with Crippen LogP contribution < -0.4 is 10.6 Å². The van der Waals surface area contributed by atoms with E-state index in [4.69, 9.17) is 4.74 Å². The van der Waals surface area contributed by atoms with Crippen LogP contribution in [0.15, 0.2) is 36.8 Å². The molecule has 0 aromatic carbocycles. The average Bonchev–Trinajstić information content (AvgIpc) is 3.22. The number of likely N-dealkylation sites (tertiary alicyclic amines) is 1. The van der Waals surface area contributed by atoms with Gasteiger partial charge in [-0.25, -0.2) is 9.59 Å². The fourth-order valence-corrected chi connectivity index (χ4v) is 2.95. The van der Waals surface area contributed by atoms with Gasteiger partial charge in [0, 0.05) is 19.3 Å². The van der Waals surface area contributed by atoms with Crippen molar-refractivity contribution in [3.63, 3.8) is 0 Å². The predicted octanol–water partition coefficient (Wildman–Crippen LogP) is 1.50. The van der Waals surface area contributed by atoms with Crippen molar-refractivity contribution in [3.8, 4) is 0 Å². The number of amides is 3. The second-order valence-electron chi connectivity index (χ2n) is 8.24. The molecular weight excluding hydrogens is 418 g/mol. The van der Waals surface area contributed by atoms with E-state index in [1.165, 1.54) is 6.07 Å². The molecule has 2 rings (SSSR count). The van der Waals surface area contributed by atoms with Gasteiger partial charge >= 0.3 is 12.1 Å². The Bertz CT molecular complexity index is 921. The number of nitrogens with one attached hydrogen (secondary N) is 2. The van der Waals surface area contributed by atoms with E-state index in [0.29, 0.717) is 25.9 Å². The highest BCUT2D eigenvalue weighted by molar-refractivity contribution is 6.04. The third kappa shape index (κ3) is 6.69. The Morgan fingerprint density at radius 1 is 1.09 bits per heavy atom. The Morgan fingerprint density at radius 2 is 1.72 bits per heavy atom. The zero-order valence-corrected chi connectivity index (χ0v) is 18.8. The van der Waals surface area contributed by atoms with Crippen molar-refractivity contribution in [2.24, 2.45) is 0 Å². The van der Waals surface area contributed by atoms with Gasteiger partial charge < -0.3 is 25.0 Å². The number of carbonyl (C=O) groups is 4. The number of aromatic nitrogens is 2. The summed E-state index contributed by atoms with van der Waals surface area (Å²) in [6.07, 6.45) is 2.65. The van der Waals surface area contributed by atoms with E-state index in [2.05, 4.69) is 33.6 Å². The van der Waals surface area contributed by atoms with E-state index in [0.717, 1.165) is 7.11 Å². The summed E-state index contributed by atoms with van der Waals surface area (Å²) in [6, 6.07) is 1.54. The summed E-state index contributed by atoms with van der Waals surface area (Å²) in [4.78, 5) is 49.5. The zero-order chi connectivity index (χ0) is 24.1. The van der Waals surface area contributed by atoms with Gasteiger partial charge in [-0.3, -0.25) is 14.3 Å². The van der Waals surface area contributed by atoms with Gasteiger partial charge in [-0.15, -0.1) is 0 Å². The molecule has 1 fully saturated rings. The van der Waals surface area contributed by atoms with Crippen molar-refractivity contribution >= 4 is 23.9 Å². The highest BCUT2D eigenvalue weighted by Crippen LogP contribution is 2.23. The summed E-state index contributed by atoms with van der Waals surface area (Å²) in [6.45, 7) is 13.3. The number of methoxy groups -OCH3 is 1. The molecule has 1 aromatic rings. The molecule has 0 atom stereocenters. The second kappa shape index (κ2) is 10.1. The molecule has 32 heavy (non-hydrogen) atoms. The van der Waals surface area contributed by atoms with Crippen LogP contribution in [0.4, 0.5) is 4.79 Å². The molecule has 0 bridgehead atoms. The molecule has 1 aliphatic heterocycles. The van der Waals surface area contributed by atoms with Gasteiger partial charge in [0.25, 0.3) is 11.8 Å². The predicted molar refractivity (Wildman–Crippen MR) is 114 cm³/mol. The average molecular weight is 447 g/mol. The molecule has 3 amide bonds. The van der Waals surface area contributed by atoms with Gasteiger partial charge in [0.15, 0.2) is 5.69 Å². The molecule has 0 spiro atoms. The topological polar surface area (TPSA) is 132 Å². The molecule has 2 heterocycles. The number of ether oxygens (including phenoxy) is 2. The Morgan fingerprint density at radius 3 is 2.28 bits per heavy atom. The smallest absolute Gasteiger partial charge is 0.410 e. The molecule has 174 valence electrons. The summed E-state index contributed by atoms with van der Waals surface area (Å²) in [5.41, 5.74) is -1.01. The van der Waals surface area contributed by atoms with Crippen molar-refractivity contribution in [1.29, 1.82) is 0 Å². The minimum absolute atomic E-state index is 0.0186. The molecule has 1 saturated heterocycles. The third-order valence-electron chi connectivity index (χ3n) is 4.57. The maximum absolute atomic E-state index is 12.4. The molecule has 11 nitrogen and oxygen atoms in total. The van der Waals surface area contributed by atoms with Crippen LogP contribution in [-0.4, -0.2) is 64.4 Å². The van der Waals surface area contributed by atoms with E-state index in [9.17, 15) is 19.2 Å². The van der Waals surface area contributed by atoms with Gasteiger partial charge in [0.05, 0.1) is 18.8 Å². The zero-order valence-electron chi connectivity index (χ0n) is 18.8. The largest absolute Gasteiger partial charge is 0.464 e. The molecule has 0 aliphatic carbocycles. The first-order chi connectivity index (χ1) is 14.9. The summed E-state index contributed by atoms with van der Waals surface area (Å²) in [7, 11) is 1.15. The lowest BCUT2D eigenvalue weighted by Crippen LogP contribution is -2.42. The van der Waals surface area contributed by atoms with Crippen LogP contribution in [0, 0.1) is 0 Å². The maximum Gasteiger partial charge on any atom is 0.410 e. The summed E-state index contributed by atoms with van der Waals surface area (Å²) >= 11 is 0. The number of carbonyl (C=O) groups excluding carboxylic acids is 4. The Labute approximate surface area is 186 Å². The van der Waals surface area contributed by atoms with E-state index in [1.54, 1.807) is 15.8 Å². The lowest BCUT2D eigenvalue weighted by molar-refractivity contribution is -0.137. The summed E-state index contributed by atoms with van der Waals surface area (Å²) in [5.74, 6) is -2.24. The number of hydrogen-bond donors (Lipinski definition) is 2. The van der Waals surface area contributed by atoms with Crippen molar-refractivity contribution in [2.75, 3.05) is 20.2 Å². The molecular formula is C21H29N5O6. The molecule has 2 N–H and O–H groups in total. The van der Waals surface area contributed by atoms with Crippen LogP contribution in [0.5, 0.6) is 0 Å². The van der Waals surface area contributed by atoms with Gasteiger partial charge in [0.2, 0.25) is 0 Å². The molecule has 1 aromatic heterocycles. The monoisotopic (exact) mass is 447 g/mol. The van der Waals surface area contributed by atoms with Crippen LogP contribution >= 0.6 is 0 Å². The first-order valence-corrected chi connectivity index (χ1v) is 10.0. The number of nitrogens with zero attached hydrogens (tertiary/aromatic N) is 3. The molecule has 0 radical (unpaired) electrons. The minimum atomic E-state index is -0.811. The number of hydrogen-bond acceptors (Lipinski definition) is 7. The van der Waals surface area contributed by atoms with E-state index >= 15 is 0 Å². The molecule has 11 heteroatoms. The highest BCUT2D eigenvalue weighted by Gasteiger charge is 2.28. The molecule has 0 saturated carbocycles. The van der Waals surface area contributed by atoms with Crippen LogP contribution in [0.25, 0.3) is 0 Å².